The minimum absolute atomic E-state index is 0.250. The zero-order valence-electron chi connectivity index (χ0n) is 11.0. The first kappa shape index (κ1) is 15.1. The van der Waals surface area contributed by atoms with Gasteiger partial charge in [-0.05, 0) is 18.9 Å². The van der Waals surface area contributed by atoms with Crippen LogP contribution >= 0.6 is 0 Å². The predicted molar refractivity (Wildman–Crippen MR) is 70.8 cm³/mol. The molecule has 114 valence electrons. The van der Waals surface area contributed by atoms with Gasteiger partial charge in [0.2, 0.25) is 0 Å². The van der Waals surface area contributed by atoms with Crippen LogP contribution in [0.25, 0.3) is 0 Å². The molecule has 0 spiro atoms. The average Bonchev–Trinajstić information content (AvgIpc) is 2.63. The van der Waals surface area contributed by atoms with Crippen molar-refractivity contribution >= 4 is 17.4 Å². The van der Waals surface area contributed by atoms with Gasteiger partial charge in [-0.15, -0.1) is 0 Å². The molecule has 1 heterocycles. The van der Waals surface area contributed by atoms with E-state index in [1.165, 1.54) is 4.90 Å². The Morgan fingerprint density at radius 1 is 1.38 bits per heavy atom. The van der Waals surface area contributed by atoms with Gasteiger partial charge < -0.3 is 10.5 Å². The molecule has 0 bridgehead atoms. The van der Waals surface area contributed by atoms with E-state index >= 15 is 0 Å². The zero-order chi connectivity index (χ0) is 15.5. The van der Waals surface area contributed by atoms with Crippen molar-refractivity contribution in [2.75, 3.05) is 18.0 Å². The number of fused-ring (bicyclic) bond motifs is 1. The average molecular weight is 301 g/mol. The Balaban J connectivity index is 2.26. The number of alkyl halides is 3. The molecule has 1 aromatic carbocycles. The van der Waals surface area contributed by atoms with Crippen LogP contribution in [-0.4, -0.2) is 36.2 Å². The SMILES string of the molecule is O=C(NCC(F)(F)F)N1CCC/C(=N/O)c2ccccc21. The molecule has 21 heavy (non-hydrogen) atoms. The molecule has 0 saturated heterocycles. The highest BCUT2D eigenvalue weighted by molar-refractivity contribution is 6.08. The molecular weight excluding hydrogens is 287 g/mol. The van der Waals surface area contributed by atoms with Crippen molar-refractivity contribution in [3.05, 3.63) is 29.8 Å². The number of rotatable bonds is 1. The lowest BCUT2D eigenvalue weighted by Crippen LogP contribution is -2.44. The Hall–Kier alpha value is -2.25. The van der Waals surface area contributed by atoms with Gasteiger partial charge in [0.25, 0.3) is 0 Å². The van der Waals surface area contributed by atoms with Gasteiger partial charge in [0, 0.05) is 12.1 Å². The Kier molecular flexibility index (Phi) is 4.35. The maximum absolute atomic E-state index is 12.2. The molecule has 1 aliphatic rings. The van der Waals surface area contributed by atoms with Gasteiger partial charge in [-0.25, -0.2) is 4.79 Å². The molecule has 1 aromatic rings. The lowest BCUT2D eigenvalue weighted by molar-refractivity contribution is -0.122. The molecular formula is C13H14F3N3O2. The predicted octanol–water partition coefficient (Wildman–Crippen LogP) is 2.74. The van der Waals surface area contributed by atoms with Gasteiger partial charge in [0.05, 0.1) is 11.4 Å². The van der Waals surface area contributed by atoms with Crippen LogP contribution < -0.4 is 10.2 Å². The first-order chi connectivity index (χ1) is 9.92. The molecule has 0 aromatic heterocycles. The number of carbonyl (C=O) groups excluding carboxylic acids is 1. The second-order valence-corrected chi connectivity index (χ2v) is 4.59. The lowest BCUT2D eigenvalue weighted by atomic mass is 10.1. The summed E-state index contributed by atoms with van der Waals surface area (Å²) in [6, 6.07) is 5.84. The fourth-order valence-corrected chi connectivity index (χ4v) is 2.20. The minimum Gasteiger partial charge on any atom is -0.411 e. The zero-order valence-corrected chi connectivity index (χ0v) is 11.0. The summed E-state index contributed by atoms with van der Waals surface area (Å²) in [5.74, 6) is 0. The highest BCUT2D eigenvalue weighted by Crippen LogP contribution is 2.26. The molecule has 0 fully saturated rings. The number of amides is 2. The molecule has 0 atom stereocenters. The number of anilines is 1. The highest BCUT2D eigenvalue weighted by Gasteiger charge is 2.30. The van der Waals surface area contributed by atoms with Crippen LogP contribution in [0.1, 0.15) is 18.4 Å². The van der Waals surface area contributed by atoms with E-state index in [9.17, 15) is 18.0 Å². The number of benzene rings is 1. The first-order valence-electron chi connectivity index (χ1n) is 6.35. The third-order valence-corrected chi connectivity index (χ3v) is 3.11. The molecule has 0 aliphatic carbocycles. The smallest absolute Gasteiger partial charge is 0.405 e. The number of nitrogens with one attached hydrogen (secondary N) is 1. The number of carbonyl (C=O) groups is 1. The molecule has 1 aliphatic heterocycles. The third kappa shape index (κ3) is 3.65. The van der Waals surface area contributed by atoms with Crippen LogP contribution in [-0.2, 0) is 0 Å². The number of para-hydroxylation sites is 1. The molecule has 2 N–H and O–H groups in total. The number of urea groups is 1. The lowest BCUT2D eigenvalue weighted by Gasteiger charge is -2.23. The largest absolute Gasteiger partial charge is 0.411 e. The fourth-order valence-electron chi connectivity index (χ4n) is 2.20. The van der Waals surface area contributed by atoms with Crippen molar-refractivity contribution in [2.45, 2.75) is 19.0 Å². The Labute approximate surface area is 119 Å². The summed E-state index contributed by atoms with van der Waals surface area (Å²) in [6.07, 6.45) is -3.52. The van der Waals surface area contributed by atoms with Crippen LogP contribution in [0, 0.1) is 0 Å². The molecule has 0 radical (unpaired) electrons. The molecule has 2 rings (SSSR count). The van der Waals surface area contributed by atoms with Crippen molar-refractivity contribution in [1.82, 2.24) is 5.32 Å². The number of hydrogen-bond acceptors (Lipinski definition) is 3. The van der Waals surface area contributed by atoms with E-state index in [1.54, 1.807) is 24.3 Å². The standard InChI is InChI=1S/C13H14F3N3O2/c14-13(15,16)8-17-12(20)19-7-3-5-10(18-21)9-4-1-2-6-11(9)19/h1-2,4,6,21H,3,5,7-8H2,(H,17,20)/b18-10-. The maximum atomic E-state index is 12.2. The van der Waals surface area contributed by atoms with Crippen molar-refractivity contribution in [3.63, 3.8) is 0 Å². The van der Waals surface area contributed by atoms with E-state index in [1.807, 2.05) is 5.32 Å². The van der Waals surface area contributed by atoms with E-state index in [2.05, 4.69) is 5.16 Å². The van der Waals surface area contributed by atoms with E-state index in [0.29, 0.717) is 29.8 Å². The van der Waals surface area contributed by atoms with E-state index in [-0.39, 0.29) is 6.54 Å². The number of oxime groups is 1. The Morgan fingerprint density at radius 2 is 2.10 bits per heavy atom. The van der Waals surface area contributed by atoms with Crippen LogP contribution in [0.2, 0.25) is 0 Å². The Bertz CT molecular complexity index is 558. The van der Waals surface area contributed by atoms with E-state index in [4.69, 9.17) is 5.21 Å². The van der Waals surface area contributed by atoms with E-state index < -0.39 is 18.8 Å². The van der Waals surface area contributed by atoms with Gasteiger partial charge in [0.1, 0.15) is 6.54 Å². The van der Waals surface area contributed by atoms with Crippen LogP contribution in [0.15, 0.2) is 29.4 Å². The quantitative estimate of drug-likeness (QED) is 0.619. The van der Waals surface area contributed by atoms with Crippen LogP contribution in [0.3, 0.4) is 0 Å². The summed E-state index contributed by atoms with van der Waals surface area (Å²) in [7, 11) is 0. The van der Waals surface area contributed by atoms with Gasteiger partial charge in [-0.3, -0.25) is 4.90 Å². The Morgan fingerprint density at radius 3 is 2.76 bits per heavy atom. The monoisotopic (exact) mass is 301 g/mol. The molecule has 5 nitrogen and oxygen atoms in total. The van der Waals surface area contributed by atoms with Crippen molar-refractivity contribution in [1.29, 1.82) is 0 Å². The van der Waals surface area contributed by atoms with Gasteiger partial charge in [0.15, 0.2) is 0 Å². The van der Waals surface area contributed by atoms with E-state index in [0.717, 1.165) is 0 Å². The second kappa shape index (κ2) is 6.02. The molecule has 0 saturated carbocycles. The summed E-state index contributed by atoms with van der Waals surface area (Å²) in [4.78, 5) is 13.2. The summed E-state index contributed by atoms with van der Waals surface area (Å²) < 4.78 is 36.6. The van der Waals surface area contributed by atoms with Crippen LogP contribution in [0.5, 0.6) is 0 Å². The summed E-state index contributed by atoms with van der Waals surface area (Å²) in [5.41, 5.74) is 1.39. The molecule has 2 amide bonds. The number of hydrogen-bond donors (Lipinski definition) is 2. The van der Waals surface area contributed by atoms with Gasteiger partial charge in [-0.2, -0.15) is 13.2 Å². The topological polar surface area (TPSA) is 64.9 Å². The van der Waals surface area contributed by atoms with Crippen molar-refractivity contribution in [2.24, 2.45) is 5.16 Å². The van der Waals surface area contributed by atoms with Gasteiger partial charge >= 0.3 is 12.2 Å². The van der Waals surface area contributed by atoms with Gasteiger partial charge in [-0.1, -0.05) is 23.4 Å². The highest BCUT2D eigenvalue weighted by atomic mass is 19.4. The van der Waals surface area contributed by atoms with Crippen molar-refractivity contribution in [3.8, 4) is 0 Å². The first-order valence-corrected chi connectivity index (χ1v) is 6.35. The normalized spacial score (nSPS) is 17.3. The summed E-state index contributed by atoms with van der Waals surface area (Å²) in [6.45, 7) is -1.13. The maximum Gasteiger partial charge on any atom is 0.405 e. The molecule has 8 heteroatoms. The fraction of sp³-hybridized carbons (Fsp3) is 0.385. The molecule has 0 unspecified atom stereocenters. The minimum atomic E-state index is -4.46. The second-order valence-electron chi connectivity index (χ2n) is 4.59. The number of nitrogens with zero attached hydrogens (tertiary/aromatic N) is 2. The number of halogens is 3. The third-order valence-electron chi connectivity index (χ3n) is 3.11. The van der Waals surface area contributed by atoms with Crippen molar-refractivity contribution < 1.29 is 23.2 Å². The van der Waals surface area contributed by atoms with Crippen LogP contribution in [0.4, 0.5) is 23.7 Å². The summed E-state index contributed by atoms with van der Waals surface area (Å²) in [5, 5.41) is 14.1. The summed E-state index contributed by atoms with van der Waals surface area (Å²) >= 11 is 0.